The predicted octanol–water partition coefficient (Wildman–Crippen LogP) is 2.09. The first-order valence-corrected chi connectivity index (χ1v) is 5.71. The van der Waals surface area contributed by atoms with E-state index in [9.17, 15) is 0 Å². The van der Waals surface area contributed by atoms with Crippen molar-refractivity contribution in [2.24, 2.45) is 0 Å². The van der Waals surface area contributed by atoms with E-state index in [1.165, 1.54) is 38.5 Å². The van der Waals surface area contributed by atoms with Crippen molar-refractivity contribution in [3.05, 3.63) is 0 Å². The second-order valence-electron chi connectivity index (χ2n) is 4.50. The Balaban J connectivity index is 1.71. The van der Waals surface area contributed by atoms with Gasteiger partial charge in [-0.25, -0.2) is 0 Å². The molecule has 1 saturated carbocycles. The first-order chi connectivity index (χ1) is 6.35. The van der Waals surface area contributed by atoms with Gasteiger partial charge in [0, 0.05) is 18.7 Å². The van der Waals surface area contributed by atoms with Gasteiger partial charge in [-0.3, -0.25) is 0 Å². The number of ether oxygens (including phenoxy) is 1. The SMILES string of the molecule is CCC1(NCC2CCCO2)CCC1. The topological polar surface area (TPSA) is 21.3 Å². The molecule has 0 radical (unpaired) electrons. The molecule has 0 aromatic rings. The quantitative estimate of drug-likeness (QED) is 0.720. The van der Waals surface area contributed by atoms with Gasteiger partial charge >= 0.3 is 0 Å². The summed E-state index contributed by atoms with van der Waals surface area (Å²) in [5, 5.41) is 3.70. The number of hydrogen-bond acceptors (Lipinski definition) is 2. The molecular weight excluding hydrogens is 162 g/mol. The zero-order valence-electron chi connectivity index (χ0n) is 8.64. The normalized spacial score (nSPS) is 31.6. The van der Waals surface area contributed by atoms with Crippen molar-refractivity contribution in [2.45, 2.75) is 57.1 Å². The van der Waals surface area contributed by atoms with E-state index >= 15 is 0 Å². The molecule has 0 amide bonds. The van der Waals surface area contributed by atoms with Crippen molar-refractivity contribution in [1.82, 2.24) is 5.32 Å². The summed E-state index contributed by atoms with van der Waals surface area (Å²) in [7, 11) is 0. The van der Waals surface area contributed by atoms with Crippen LogP contribution in [0.1, 0.15) is 45.4 Å². The number of nitrogens with one attached hydrogen (secondary N) is 1. The van der Waals surface area contributed by atoms with Gasteiger partial charge in [0.1, 0.15) is 0 Å². The molecule has 1 atom stereocenters. The predicted molar refractivity (Wildman–Crippen MR) is 53.8 cm³/mol. The monoisotopic (exact) mass is 183 g/mol. The van der Waals surface area contributed by atoms with Crippen LogP contribution in [0.25, 0.3) is 0 Å². The highest BCUT2D eigenvalue weighted by atomic mass is 16.5. The van der Waals surface area contributed by atoms with Crippen LogP contribution < -0.4 is 5.32 Å². The molecule has 1 unspecified atom stereocenters. The standard InChI is InChI=1S/C11H21NO/c1-2-11(6-4-7-11)12-9-10-5-3-8-13-10/h10,12H,2-9H2,1H3. The van der Waals surface area contributed by atoms with Gasteiger partial charge < -0.3 is 10.1 Å². The molecule has 0 aromatic heterocycles. The molecule has 1 aliphatic carbocycles. The summed E-state index contributed by atoms with van der Waals surface area (Å²) >= 11 is 0. The third-order valence-corrected chi connectivity index (χ3v) is 3.72. The van der Waals surface area contributed by atoms with Gasteiger partial charge in [0.05, 0.1) is 6.10 Å². The van der Waals surface area contributed by atoms with Crippen LogP contribution in [0.3, 0.4) is 0 Å². The lowest BCUT2D eigenvalue weighted by atomic mass is 9.75. The summed E-state index contributed by atoms with van der Waals surface area (Å²) in [6, 6.07) is 0. The van der Waals surface area contributed by atoms with Crippen LogP contribution >= 0.6 is 0 Å². The highest BCUT2D eigenvalue weighted by Crippen LogP contribution is 2.34. The third kappa shape index (κ3) is 2.05. The molecular formula is C11H21NO. The minimum atomic E-state index is 0.492. The van der Waals surface area contributed by atoms with Gasteiger partial charge in [-0.1, -0.05) is 6.92 Å². The summed E-state index contributed by atoms with van der Waals surface area (Å²) in [6.45, 7) is 4.35. The summed E-state index contributed by atoms with van der Waals surface area (Å²) in [4.78, 5) is 0. The highest BCUT2D eigenvalue weighted by Gasteiger charge is 2.35. The Kier molecular flexibility index (Phi) is 2.89. The fourth-order valence-electron chi connectivity index (χ4n) is 2.39. The third-order valence-electron chi connectivity index (χ3n) is 3.72. The molecule has 0 aromatic carbocycles. The van der Waals surface area contributed by atoms with E-state index in [0.717, 1.165) is 13.2 Å². The van der Waals surface area contributed by atoms with Gasteiger partial charge in [0.25, 0.3) is 0 Å². The molecule has 0 spiro atoms. The molecule has 76 valence electrons. The van der Waals surface area contributed by atoms with Crippen LogP contribution in [0.4, 0.5) is 0 Å². The van der Waals surface area contributed by atoms with E-state index in [4.69, 9.17) is 4.74 Å². The Morgan fingerprint density at radius 3 is 2.69 bits per heavy atom. The Morgan fingerprint density at radius 2 is 2.23 bits per heavy atom. The van der Waals surface area contributed by atoms with E-state index in [1.54, 1.807) is 0 Å². The maximum Gasteiger partial charge on any atom is 0.0700 e. The fraction of sp³-hybridized carbons (Fsp3) is 1.00. The van der Waals surface area contributed by atoms with E-state index in [-0.39, 0.29) is 0 Å². The molecule has 2 aliphatic rings. The lowest BCUT2D eigenvalue weighted by molar-refractivity contribution is 0.0851. The number of rotatable bonds is 4. The minimum Gasteiger partial charge on any atom is -0.377 e. The van der Waals surface area contributed by atoms with Gasteiger partial charge in [-0.2, -0.15) is 0 Å². The van der Waals surface area contributed by atoms with Gasteiger partial charge in [-0.15, -0.1) is 0 Å². The largest absolute Gasteiger partial charge is 0.377 e. The summed E-state index contributed by atoms with van der Waals surface area (Å²) in [5.41, 5.74) is 0.492. The number of hydrogen-bond donors (Lipinski definition) is 1. The van der Waals surface area contributed by atoms with Crippen LogP contribution in [-0.2, 0) is 4.74 Å². The van der Waals surface area contributed by atoms with E-state index in [2.05, 4.69) is 12.2 Å². The lowest BCUT2D eigenvalue weighted by Crippen LogP contribution is -2.52. The average Bonchev–Trinajstić information content (AvgIpc) is 2.56. The van der Waals surface area contributed by atoms with E-state index in [1.807, 2.05) is 0 Å². The average molecular weight is 183 g/mol. The molecule has 1 heterocycles. The molecule has 2 rings (SSSR count). The maximum absolute atomic E-state index is 5.60. The first kappa shape index (κ1) is 9.47. The molecule has 2 fully saturated rings. The van der Waals surface area contributed by atoms with Crippen molar-refractivity contribution in [1.29, 1.82) is 0 Å². The molecule has 1 saturated heterocycles. The fourth-order valence-corrected chi connectivity index (χ4v) is 2.39. The highest BCUT2D eigenvalue weighted by molar-refractivity contribution is 4.95. The molecule has 1 aliphatic heterocycles. The van der Waals surface area contributed by atoms with Crippen LogP contribution in [0, 0.1) is 0 Å². The van der Waals surface area contributed by atoms with Gasteiger partial charge in [-0.05, 0) is 38.5 Å². The van der Waals surface area contributed by atoms with E-state index < -0.39 is 0 Å². The lowest BCUT2D eigenvalue weighted by Gasteiger charge is -2.42. The zero-order valence-corrected chi connectivity index (χ0v) is 8.64. The summed E-state index contributed by atoms with van der Waals surface area (Å²) < 4.78 is 5.60. The summed E-state index contributed by atoms with van der Waals surface area (Å²) in [5.74, 6) is 0. The first-order valence-electron chi connectivity index (χ1n) is 5.71. The van der Waals surface area contributed by atoms with Crippen molar-refractivity contribution in [3.8, 4) is 0 Å². The van der Waals surface area contributed by atoms with Crippen LogP contribution in [-0.4, -0.2) is 24.8 Å². The summed E-state index contributed by atoms with van der Waals surface area (Å²) in [6.07, 6.45) is 8.44. The second-order valence-corrected chi connectivity index (χ2v) is 4.50. The van der Waals surface area contributed by atoms with Crippen molar-refractivity contribution in [3.63, 3.8) is 0 Å². The van der Waals surface area contributed by atoms with Crippen LogP contribution in [0.2, 0.25) is 0 Å². The Hall–Kier alpha value is -0.0800. The van der Waals surface area contributed by atoms with Crippen molar-refractivity contribution < 1.29 is 4.74 Å². The smallest absolute Gasteiger partial charge is 0.0700 e. The molecule has 2 nitrogen and oxygen atoms in total. The van der Waals surface area contributed by atoms with Crippen molar-refractivity contribution >= 4 is 0 Å². The van der Waals surface area contributed by atoms with Gasteiger partial charge in [0.2, 0.25) is 0 Å². The molecule has 0 bridgehead atoms. The van der Waals surface area contributed by atoms with Crippen LogP contribution in [0.15, 0.2) is 0 Å². The van der Waals surface area contributed by atoms with Crippen molar-refractivity contribution in [2.75, 3.05) is 13.2 Å². The molecule has 13 heavy (non-hydrogen) atoms. The van der Waals surface area contributed by atoms with E-state index in [0.29, 0.717) is 11.6 Å². The molecule has 1 N–H and O–H groups in total. The Morgan fingerprint density at radius 1 is 1.38 bits per heavy atom. The second kappa shape index (κ2) is 3.97. The van der Waals surface area contributed by atoms with Crippen LogP contribution in [0.5, 0.6) is 0 Å². The Labute approximate surface area is 81.0 Å². The maximum atomic E-state index is 5.60. The van der Waals surface area contributed by atoms with Gasteiger partial charge in [0.15, 0.2) is 0 Å². The zero-order chi connectivity index (χ0) is 9.15. The minimum absolute atomic E-state index is 0.492. The molecule has 2 heteroatoms. The Bertz CT molecular complexity index is 154.